The van der Waals surface area contributed by atoms with Gasteiger partial charge in [0.05, 0.1) is 0 Å². The van der Waals surface area contributed by atoms with Crippen LogP contribution in [0.25, 0.3) is 27.1 Å². The number of benzene rings is 3. The Hall–Kier alpha value is -2.34. The highest BCUT2D eigenvalue weighted by Gasteiger charge is 2.35. The molecule has 0 heteroatoms. The Balaban J connectivity index is 0.000000704. The van der Waals surface area contributed by atoms with Gasteiger partial charge in [-0.05, 0) is 63.4 Å². The van der Waals surface area contributed by atoms with Gasteiger partial charge >= 0.3 is 0 Å². The van der Waals surface area contributed by atoms with Crippen molar-refractivity contribution in [3.8, 4) is 0 Å². The van der Waals surface area contributed by atoms with E-state index in [-0.39, 0.29) is 0 Å². The van der Waals surface area contributed by atoms with Crippen molar-refractivity contribution < 1.29 is 0 Å². The summed E-state index contributed by atoms with van der Waals surface area (Å²) in [7, 11) is 0. The summed E-state index contributed by atoms with van der Waals surface area (Å²) in [5, 5.41) is 5.52. The molecule has 0 nitrogen and oxygen atoms in total. The van der Waals surface area contributed by atoms with Crippen molar-refractivity contribution in [1.29, 1.82) is 0 Å². The fraction of sp³-hybridized carbons (Fsp3) is 0.250. The predicted molar refractivity (Wildman–Crippen MR) is 106 cm³/mol. The fourth-order valence-corrected chi connectivity index (χ4v) is 3.99. The predicted octanol–water partition coefficient (Wildman–Crippen LogP) is 6.92. The van der Waals surface area contributed by atoms with Gasteiger partial charge in [-0.15, -0.1) is 0 Å². The highest BCUT2D eigenvalue weighted by molar-refractivity contribution is 6.12. The molecule has 2 aliphatic carbocycles. The zero-order chi connectivity index (χ0) is 16.7. The van der Waals surface area contributed by atoms with Crippen molar-refractivity contribution in [3.63, 3.8) is 0 Å². The Labute approximate surface area is 144 Å². The topological polar surface area (TPSA) is 0 Å². The Morgan fingerprint density at radius 2 is 1.29 bits per heavy atom. The molecule has 0 radical (unpaired) electrons. The molecule has 24 heavy (non-hydrogen) atoms. The van der Waals surface area contributed by atoms with Crippen molar-refractivity contribution in [2.24, 2.45) is 11.8 Å². The second kappa shape index (κ2) is 5.94. The van der Waals surface area contributed by atoms with Crippen molar-refractivity contribution in [1.82, 2.24) is 0 Å². The lowest BCUT2D eigenvalue weighted by Crippen LogP contribution is -1.94. The molecule has 120 valence electrons. The summed E-state index contributed by atoms with van der Waals surface area (Å²) in [6, 6.07) is 17.7. The van der Waals surface area contributed by atoms with Crippen LogP contribution in [0, 0.1) is 18.8 Å². The second-order valence-electron chi connectivity index (χ2n) is 6.64. The minimum absolute atomic E-state index is 0.777. The minimum atomic E-state index is 0.777. The lowest BCUT2D eigenvalue weighted by atomic mass is 9.87. The number of allylic oxidation sites excluding steroid dienone is 4. The van der Waals surface area contributed by atoms with Crippen LogP contribution in [0.2, 0.25) is 0 Å². The van der Waals surface area contributed by atoms with Crippen LogP contribution in [0.5, 0.6) is 0 Å². The van der Waals surface area contributed by atoms with Crippen LogP contribution in [0.4, 0.5) is 0 Å². The molecule has 0 aliphatic heterocycles. The van der Waals surface area contributed by atoms with Gasteiger partial charge in [-0.1, -0.05) is 80.6 Å². The Kier molecular flexibility index (Phi) is 3.76. The second-order valence-corrected chi connectivity index (χ2v) is 6.64. The van der Waals surface area contributed by atoms with Crippen LogP contribution in [0.15, 0.2) is 66.8 Å². The van der Waals surface area contributed by atoms with Crippen molar-refractivity contribution in [2.75, 3.05) is 0 Å². The number of aryl methyl sites for hydroxylation is 1. The van der Waals surface area contributed by atoms with Gasteiger partial charge < -0.3 is 0 Å². The quantitative estimate of drug-likeness (QED) is 0.428. The van der Waals surface area contributed by atoms with E-state index in [9.17, 15) is 0 Å². The number of fused-ring (bicyclic) bond motifs is 3. The Morgan fingerprint density at radius 1 is 0.750 bits per heavy atom. The Bertz CT molecular complexity index is 915. The summed E-state index contributed by atoms with van der Waals surface area (Å²) in [6.45, 7) is 6.25. The van der Waals surface area contributed by atoms with Gasteiger partial charge in [0.25, 0.3) is 0 Å². The normalized spacial score (nSPS) is 21.0. The summed E-state index contributed by atoms with van der Waals surface area (Å²) in [5.74, 6) is 1.59. The first kappa shape index (κ1) is 15.2. The van der Waals surface area contributed by atoms with E-state index in [0.29, 0.717) is 0 Å². The van der Waals surface area contributed by atoms with Crippen molar-refractivity contribution in [2.45, 2.75) is 27.2 Å². The molecule has 2 unspecified atom stereocenters. The maximum absolute atomic E-state index is 2.49. The average Bonchev–Trinajstić information content (AvgIpc) is 3.43. The zero-order valence-corrected chi connectivity index (χ0v) is 14.7. The molecule has 5 rings (SSSR count). The van der Waals surface area contributed by atoms with E-state index < -0.39 is 0 Å². The molecule has 0 N–H and O–H groups in total. The molecule has 1 fully saturated rings. The van der Waals surface area contributed by atoms with Gasteiger partial charge in [-0.2, -0.15) is 0 Å². The van der Waals surface area contributed by atoms with Crippen LogP contribution < -0.4 is 0 Å². The first-order valence-corrected chi connectivity index (χ1v) is 9.13. The van der Waals surface area contributed by atoms with E-state index in [1.807, 2.05) is 13.8 Å². The van der Waals surface area contributed by atoms with Crippen molar-refractivity contribution in [3.05, 3.63) is 77.9 Å². The average molecular weight is 312 g/mol. The van der Waals surface area contributed by atoms with Crippen LogP contribution in [-0.2, 0) is 0 Å². The molecule has 2 atom stereocenters. The largest absolute Gasteiger partial charge is 0.0802 e. The molecule has 0 spiro atoms. The first-order valence-electron chi connectivity index (χ1n) is 9.13. The molecule has 0 heterocycles. The highest BCUT2D eigenvalue weighted by Crippen LogP contribution is 2.48. The van der Waals surface area contributed by atoms with E-state index in [1.54, 1.807) is 0 Å². The van der Waals surface area contributed by atoms with Gasteiger partial charge in [0.2, 0.25) is 0 Å². The molecule has 0 saturated heterocycles. The van der Waals surface area contributed by atoms with Crippen LogP contribution in [0.3, 0.4) is 0 Å². The molecule has 0 aromatic heterocycles. The van der Waals surface area contributed by atoms with E-state index in [1.165, 1.54) is 44.7 Å². The fourth-order valence-electron chi connectivity index (χ4n) is 3.99. The molecule has 0 amide bonds. The van der Waals surface area contributed by atoms with Gasteiger partial charge in [0.1, 0.15) is 0 Å². The van der Waals surface area contributed by atoms with E-state index in [4.69, 9.17) is 0 Å². The summed E-state index contributed by atoms with van der Waals surface area (Å²) < 4.78 is 0. The molecule has 2 aliphatic rings. The van der Waals surface area contributed by atoms with Crippen LogP contribution >= 0.6 is 0 Å². The third-order valence-corrected chi connectivity index (χ3v) is 5.30. The number of hydrogen-bond donors (Lipinski definition) is 0. The monoisotopic (exact) mass is 312 g/mol. The highest BCUT2D eigenvalue weighted by atomic mass is 14.4. The third kappa shape index (κ3) is 2.29. The van der Waals surface area contributed by atoms with Crippen molar-refractivity contribution >= 4 is 27.1 Å². The molecular weight excluding hydrogens is 288 g/mol. The number of rotatable bonds is 1. The van der Waals surface area contributed by atoms with E-state index >= 15 is 0 Å². The smallest absolute Gasteiger partial charge is 0.00298 e. The zero-order valence-electron chi connectivity index (χ0n) is 14.7. The van der Waals surface area contributed by atoms with E-state index in [2.05, 4.69) is 73.7 Å². The molecule has 0 bridgehead atoms. The molecule has 3 aromatic rings. The third-order valence-electron chi connectivity index (χ3n) is 5.30. The van der Waals surface area contributed by atoms with Gasteiger partial charge in [0.15, 0.2) is 0 Å². The summed E-state index contributed by atoms with van der Waals surface area (Å²) in [6.07, 6.45) is 8.58. The Morgan fingerprint density at radius 3 is 1.83 bits per heavy atom. The lowest BCUT2D eigenvalue weighted by molar-refractivity contribution is 0.985. The molecule has 1 saturated carbocycles. The summed E-state index contributed by atoms with van der Waals surface area (Å²) >= 11 is 0. The summed E-state index contributed by atoms with van der Waals surface area (Å²) in [4.78, 5) is 0. The van der Waals surface area contributed by atoms with Gasteiger partial charge in [0, 0.05) is 0 Å². The summed E-state index contributed by atoms with van der Waals surface area (Å²) in [5.41, 5.74) is 4.21. The molecule has 3 aromatic carbocycles. The number of hydrogen-bond acceptors (Lipinski definition) is 0. The van der Waals surface area contributed by atoms with Crippen LogP contribution in [-0.4, -0.2) is 0 Å². The maximum atomic E-state index is 2.49. The minimum Gasteiger partial charge on any atom is -0.0802 e. The standard InChI is InChI=1S/C22H18.C2H6/c1-14-18-6-2-4-8-20(18)22(21-9-5-3-7-19(14)21)16-11-10-15-12-17(15)13-16;1-2/h2-11,13,15,17H,12H2,1H3;1-2H3. The SMILES string of the molecule is CC.Cc1c2ccccc2c(C2=CC3CC3C=C2)c2ccccc12. The van der Waals surface area contributed by atoms with E-state index in [0.717, 1.165) is 11.8 Å². The maximum Gasteiger partial charge on any atom is -0.00298 e. The van der Waals surface area contributed by atoms with Gasteiger partial charge in [-0.25, -0.2) is 0 Å². The first-order chi connectivity index (χ1) is 11.8. The van der Waals surface area contributed by atoms with Crippen LogP contribution in [0.1, 0.15) is 31.4 Å². The lowest BCUT2D eigenvalue weighted by Gasteiger charge is -2.17. The van der Waals surface area contributed by atoms with Gasteiger partial charge in [-0.3, -0.25) is 0 Å². The molecular formula is C24H24.